The molecule has 4 rings (SSSR count). The Labute approximate surface area is 190 Å². The third-order valence-corrected chi connectivity index (χ3v) is 6.46. The fourth-order valence-electron chi connectivity index (χ4n) is 4.25. The Kier molecular flexibility index (Phi) is 6.33. The molecule has 1 N–H and O–H groups in total. The maximum Gasteiger partial charge on any atom is 0.252 e. The molecule has 0 bridgehead atoms. The first kappa shape index (κ1) is 22.1. The van der Waals surface area contributed by atoms with E-state index in [1.807, 2.05) is 44.0 Å². The molecule has 1 aliphatic heterocycles. The van der Waals surface area contributed by atoms with Gasteiger partial charge in [-0.2, -0.15) is 5.10 Å². The molecule has 168 valence electrons. The van der Waals surface area contributed by atoms with Gasteiger partial charge in [0.1, 0.15) is 0 Å². The Morgan fingerprint density at radius 2 is 1.72 bits per heavy atom. The van der Waals surface area contributed by atoms with Crippen LogP contribution in [-0.2, 0) is 7.05 Å². The highest BCUT2D eigenvalue weighted by Crippen LogP contribution is 2.27. The summed E-state index contributed by atoms with van der Waals surface area (Å²) in [6.45, 7) is 10.2. The van der Waals surface area contributed by atoms with Crippen molar-refractivity contribution in [3.63, 3.8) is 0 Å². The Morgan fingerprint density at radius 3 is 2.41 bits per heavy atom. The molecule has 0 radical (unpaired) electrons. The van der Waals surface area contributed by atoms with Crippen LogP contribution in [0.1, 0.15) is 40.0 Å². The number of likely N-dealkylation sites (N-methyl/N-ethyl adjacent to an activating group) is 1. The summed E-state index contributed by atoms with van der Waals surface area (Å²) in [5, 5.41) is 7.50. The first-order valence-electron chi connectivity index (χ1n) is 11.3. The highest BCUT2D eigenvalue weighted by atomic mass is 16.1. The molecule has 6 heteroatoms. The van der Waals surface area contributed by atoms with Crippen molar-refractivity contribution >= 4 is 11.6 Å². The van der Waals surface area contributed by atoms with Crippen molar-refractivity contribution in [3.05, 3.63) is 71.0 Å². The number of rotatable bonds is 5. The van der Waals surface area contributed by atoms with E-state index in [1.54, 1.807) is 0 Å². The van der Waals surface area contributed by atoms with Gasteiger partial charge in [0.2, 0.25) is 0 Å². The summed E-state index contributed by atoms with van der Waals surface area (Å²) in [6.07, 6.45) is 3.89. The molecule has 1 aromatic heterocycles. The van der Waals surface area contributed by atoms with Crippen LogP contribution in [-0.4, -0.2) is 53.8 Å². The third kappa shape index (κ3) is 4.70. The number of nitrogens with one attached hydrogen (secondary N) is 1. The lowest BCUT2D eigenvalue weighted by Crippen LogP contribution is -2.44. The highest BCUT2D eigenvalue weighted by Gasteiger charge is 2.19. The van der Waals surface area contributed by atoms with E-state index in [9.17, 15) is 4.79 Å². The van der Waals surface area contributed by atoms with Gasteiger partial charge >= 0.3 is 0 Å². The predicted molar refractivity (Wildman–Crippen MR) is 130 cm³/mol. The van der Waals surface area contributed by atoms with Gasteiger partial charge in [0.25, 0.3) is 5.91 Å². The molecule has 0 spiro atoms. The average Bonchev–Trinajstić information content (AvgIpc) is 3.21. The zero-order valence-electron chi connectivity index (χ0n) is 19.7. The number of hydrogen-bond donors (Lipinski definition) is 1. The molecule has 1 amide bonds. The molecule has 32 heavy (non-hydrogen) atoms. The summed E-state index contributed by atoms with van der Waals surface area (Å²) in [6, 6.07) is 12.5. The summed E-state index contributed by atoms with van der Waals surface area (Å²) in [5.74, 6) is -0.0329. The molecule has 0 aliphatic carbocycles. The second-order valence-corrected chi connectivity index (χ2v) is 8.96. The number of benzene rings is 2. The molecule has 2 heterocycles. The average molecular weight is 432 g/mol. The third-order valence-electron chi connectivity index (χ3n) is 6.46. The number of carbonyl (C=O) groups excluding carboxylic acids is 1. The smallest absolute Gasteiger partial charge is 0.252 e. The highest BCUT2D eigenvalue weighted by molar-refractivity contribution is 5.97. The van der Waals surface area contributed by atoms with Gasteiger partial charge in [-0.15, -0.1) is 0 Å². The van der Waals surface area contributed by atoms with Crippen molar-refractivity contribution in [1.82, 2.24) is 20.0 Å². The van der Waals surface area contributed by atoms with Gasteiger partial charge in [-0.3, -0.25) is 9.48 Å². The number of aromatic nitrogens is 2. The number of carbonyl (C=O) groups is 1. The topological polar surface area (TPSA) is 53.4 Å². The molecule has 1 atom stereocenters. The van der Waals surface area contributed by atoms with Crippen LogP contribution in [0.4, 0.5) is 5.69 Å². The van der Waals surface area contributed by atoms with Gasteiger partial charge in [0.15, 0.2) is 0 Å². The van der Waals surface area contributed by atoms with Gasteiger partial charge in [-0.25, -0.2) is 0 Å². The summed E-state index contributed by atoms with van der Waals surface area (Å²) in [7, 11) is 4.07. The quantitative estimate of drug-likeness (QED) is 0.665. The van der Waals surface area contributed by atoms with E-state index in [4.69, 9.17) is 0 Å². The van der Waals surface area contributed by atoms with E-state index in [1.165, 1.54) is 5.56 Å². The number of anilines is 1. The SMILES string of the molecule is Cc1ccc(N2CCN(C)CC2)cc1C(=O)N[C@H](C)c1ccc(C)c(-c2cnn(C)c2)c1. The zero-order valence-corrected chi connectivity index (χ0v) is 19.7. The van der Waals surface area contributed by atoms with Crippen molar-refractivity contribution in [2.24, 2.45) is 7.05 Å². The monoisotopic (exact) mass is 431 g/mol. The molecule has 1 aliphatic rings. The molecule has 0 unspecified atom stereocenters. The predicted octanol–water partition coefficient (Wildman–Crippen LogP) is 3.95. The van der Waals surface area contributed by atoms with Crippen LogP contribution in [0.3, 0.4) is 0 Å². The van der Waals surface area contributed by atoms with E-state index < -0.39 is 0 Å². The lowest BCUT2D eigenvalue weighted by atomic mass is 9.97. The maximum atomic E-state index is 13.2. The minimum Gasteiger partial charge on any atom is -0.369 e. The van der Waals surface area contributed by atoms with Gasteiger partial charge in [-0.05, 0) is 68.3 Å². The summed E-state index contributed by atoms with van der Waals surface area (Å²) in [5.41, 5.74) is 7.36. The standard InChI is InChI=1S/C26H33N5O/c1-18-6-8-21(14-24(18)22-16-27-30(5)17-22)20(3)28-26(32)25-15-23(9-7-19(25)2)31-12-10-29(4)11-13-31/h6-9,14-17,20H,10-13H2,1-5H3,(H,28,32)/t20-/m1/s1. The summed E-state index contributed by atoms with van der Waals surface area (Å²) < 4.78 is 1.81. The van der Waals surface area contributed by atoms with Crippen molar-refractivity contribution in [3.8, 4) is 11.1 Å². The van der Waals surface area contributed by atoms with Gasteiger partial charge < -0.3 is 15.1 Å². The molecule has 2 aromatic carbocycles. The molecule has 1 saturated heterocycles. The van der Waals surface area contributed by atoms with Crippen LogP contribution >= 0.6 is 0 Å². The van der Waals surface area contributed by atoms with Crippen molar-refractivity contribution in [1.29, 1.82) is 0 Å². The normalized spacial score (nSPS) is 15.6. The molecular formula is C26H33N5O. The molecule has 1 fully saturated rings. The van der Waals surface area contributed by atoms with Crippen LogP contribution in [0.25, 0.3) is 11.1 Å². The van der Waals surface area contributed by atoms with Gasteiger partial charge in [-0.1, -0.05) is 18.2 Å². The van der Waals surface area contributed by atoms with E-state index in [-0.39, 0.29) is 11.9 Å². The number of nitrogens with zero attached hydrogens (tertiary/aromatic N) is 4. The van der Waals surface area contributed by atoms with Crippen molar-refractivity contribution < 1.29 is 4.79 Å². The number of amides is 1. The lowest BCUT2D eigenvalue weighted by Gasteiger charge is -2.34. The van der Waals surface area contributed by atoms with Crippen LogP contribution in [0, 0.1) is 13.8 Å². The fraction of sp³-hybridized carbons (Fsp3) is 0.385. The Hall–Kier alpha value is -3.12. The first-order valence-corrected chi connectivity index (χ1v) is 11.3. The number of piperazine rings is 1. The van der Waals surface area contributed by atoms with Crippen molar-refractivity contribution in [2.45, 2.75) is 26.8 Å². The summed E-state index contributed by atoms with van der Waals surface area (Å²) >= 11 is 0. The molecule has 0 saturated carbocycles. The Balaban J connectivity index is 1.52. The second-order valence-electron chi connectivity index (χ2n) is 8.96. The first-order chi connectivity index (χ1) is 15.3. The van der Waals surface area contributed by atoms with E-state index >= 15 is 0 Å². The Bertz CT molecular complexity index is 1110. The van der Waals surface area contributed by atoms with Crippen LogP contribution in [0.2, 0.25) is 0 Å². The maximum absolute atomic E-state index is 13.2. The van der Waals surface area contributed by atoms with E-state index in [2.05, 4.69) is 64.5 Å². The minimum absolute atomic E-state index is 0.0329. The minimum atomic E-state index is -0.106. The number of aryl methyl sites for hydroxylation is 3. The van der Waals surface area contributed by atoms with E-state index in [0.29, 0.717) is 0 Å². The summed E-state index contributed by atoms with van der Waals surface area (Å²) in [4.78, 5) is 17.9. The molecule has 6 nitrogen and oxygen atoms in total. The van der Waals surface area contributed by atoms with E-state index in [0.717, 1.165) is 59.7 Å². The van der Waals surface area contributed by atoms with Crippen LogP contribution in [0.15, 0.2) is 48.8 Å². The van der Waals surface area contributed by atoms with Crippen LogP contribution < -0.4 is 10.2 Å². The second kappa shape index (κ2) is 9.17. The number of hydrogen-bond acceptors (Lipinski definition) is 4. The lowest BCUT2D eigenvalue weighted by molar-refractivity contribution is 0.0939. The van der Waals surface area contributed by atoms with Crippen LogP contribution in [0.5, 0.6) is 0 Å². The Morgan fingerprint density at radius 1 is 1.00 bits per heavy atom. The van der Waals surface area contributed by atoms with Gasteiger partial charge in [0.05, 0.1) is 12.2 Å². The van der Waals surface area contributed by atoms with Gasteiger partial charge in [0, 0.05) is 56.2 Å². The largest absolute Gasteiger partial charge is 0.369 e. The van der Waals surface area contributed by atoms with Crippen molar-refractivity contribution in [2.75, 3.05) is 38.1 Å². The molecular weight excluding hydrogens is 398 g/mol. The fourth-order valence-corrected chi connectivity index (χ4v) is 4.25. The zero-order chi connectivity index (χ0) is 22.8. The molecule has 3 aromatic rings.